The molecule has 0 aliphatic rings. The molecule has 0 aromatic heterocycles. The number of hydrogen-bond donors (Lipinski definition) is 0. The summed E-state index contributed by atoms with van der Waals surface area (Å²) < 4.78 is 25.1. The molecule has 0 unspecified atom stereocenters. The summed E-state index contributed by atoms with van der Waals surface area (Å²) in [5, 5.41) is 0. The van der Waals surface area contributed by atoms with E-state index in [0.29, 0.717) is 24.7 Å². The van der Waals surface area contributed by atoms with Crippen molar-refractivity contribution < 1.29 is 63.4 Å². The molecule has 3 nitrogen and oxygen atoms in total. The quantitative estimate of drug-likeness (QED) is 0.456. The molecule has 0 aromatic rings. The fourth-order valence-corrected chi connectivity index (χ4v) is 0. The van der Waals surface area contributed by atoms with Crippen LogP contribution in [0.3, 0.4) is 0 Å². The van der Waals surface area contributed by atoms with Gasteiger partial charge in [-0.25, -0.2) is 0 Å². The molecule has 6 heavy (non-hydrogen) atoms. The van der Waals surface area contributed by atoms with Gasteiger partial charge in [0.05, 0.1) is 0 Å². The van der Waals surface area contributed by atoms with Crippen molar-refractivity contribution in [2.24, 2.45) is 0 Å². The van der Waals surface area contributed by atoms with E-state index in [0.717, 1.165) is 0 Å². The Morgan fingerprint density at radius 3 is 1.17 bits per heavy atom. The van der Waals surface area contributed by atoms with Gasteiger partial charge in [-0.3, -0.25) is 0 Å². The Kier molecular flexibility index (Phi) is 145. The van der Waals surface area contributed by atoms with Gasteiger partial charge in [0.2, 0.25) is 0 Å². The molecular weight excluding hydrogens is 437 g/mol. The van der Waals surface area contributed by atoms with Gasteiger partial charge in [0.15, 0.2) is 0 Å². The first-order chi connectivity index (χ1) is 3.00. The van der Waals surface area contributed by atoms with Crippen LogP contribution in [-0.4, -0.2) is 24.7 Å². The predicted octanol–water partition coefficient (Wildman–Crippen LogP) is -1.01. The van der Waals surface area contributed by atoms with Crippen molar-refractivity contribution in [2.45, 2.75) is 0 Å². The Labute approximate surface area is 86.3 Å². The van der Waals surface area contributed by atoms with Crippen molar-refractivity contribution >= 4 is 24.7 Å². The zero-order valence-corrected chi connectivity index (χ0v) is 12.0. The zero-order valence-electron chi connectivity index (χ0n) is 2.80. The maximum atomic E-state index is 8.39. The fraction of sp³-hybridized carbons (Fsp3) is 0. The summed E-state index contributed by atoms with van der Waals surface area (Å²) in [6.45, 7) is 0. The van der Waals surface area contributed by atoms with Crippen molar-refractivity contribution in [1.82, 2.24) is 0 Å². The van der Waals surface area contributed by atoms with Gasteiger partial charge in [-0.1, -0.05) is 0 Å². The Morgan fingerprint density at radius 2 is 1.17 bits per heavy atom. The fourth-order valence-electron chi connectivity index (χ4n) is 0. The number of hydrogen-bond acceptors (Lipinski definition) is 3. The van der Waals surface area contributed by atoms with E-state index in [2.05, 4.69) is 0 Å². The van der Waals surface area contributed by atoms with Crippen LogP contribution in [0.4, 0.5) is 0 Å². The molecular formula is HBiO3YZr. The molecule has 6 heteroatoms. The van der Waals surface area contributed by atoms with Gasteiger partial charge in [0.1, 0.15) is 0 Å². The van der Waals surface area contributed by atoms with Crippen LogP contribution in [0.5, 0.6) is 0 Å². The third-order valence-corrected chi connectivity index (χ3v) is 0. The molecule has 0 saturated carbocycles. The second-order valence-corrected chi connectivity index (χ2v) is 0. The summed E-state index contributed by atoms with van der Waals surface area (Å²) in [4.78, 5) is 0. The summed E-state index contributed by atoms with van der Waals surface area (Å²) in [5.41, 5.74) is 0. The SMILES string of the molecule is [O]=[BiH].[O]=[Y].[O]=[Zr]. The monoisotopic (exact) mass is 437 g/mol. The van der Waals surface area contributed by atoms with Crippen LogP contribution >= 0.6 is 0 Å². The summed E-state index contributed by atoms with van der Waals surface area (Å²) in [7, 11) is 0. The number of rotatable bonds is 0. The minimum atomic E-state index is 0.0556. The summed E-state index contributed by atoms with van der Waals surface area (Å²) in [6.07, 6.45) is 0. The van der Waals surface area contributed by atoms with Crippen molar-refractivity contribution in [3.63, 3.8) is 0 Å². The molecule has 0 bridgehead atoms. The second kappa shape index (κ2) is 55.5. The third-order valence-electron chi connectivity index (χ3n) is 0. The van der Waals surface area contributed by atoms with E-state index in [1.54, 1.807) is 0 Å². The van der Waals surface area contributed by atoms with Crippen LogP contribution < -0.4 is 0 Å². The molecule has 0 aliphatic heterocycles. The van der Waals surface area contributed by atoms with E-state index in [4.69, 9.17) is 7.67 Å². The normalized spacial score (nSPS) is 2.17. The van der Waals surface area contributed by atoms with Gasteiger partial charge in [0.25, 0.3) is 0 Å². The summed E-state index contributed by atoms with van der Waals surface area (Å²) in [5.74, 6) is 0. The zero-order chi connectivity index (χ0) is 6.00. The van der Waals surface area contributed by atoms with Gasteiger partial charge in [-0.05, 0) is 0 Å². The Morgan fingerprint density at radius 1 is 1.17 bits per heavy atom. The topological polar surface area (TPSA) is 51.2 Å². The molecule has 0 amide bonds. The molecule has 0 aromatic carbocycles. The second-order valence-electron chi connectivity index (χ2n) is 0. The van der Waals surface area contributed by atoms with Crippen molar-refractivity contribution in [3.05, 3.63) is 0 Å². The van der Waals surface area contributed by atoms with Crippen molar-refractivity contribution in [2.75, 3.05) is 0 Å². The molecule has 0 atom stereocenters. The first-order valence-electron chi connectivity index (χ1n) is 0.644. The van der Waals surface area contributed by atoms with Gasteiger partial charge in [-0.2, -0.15) is 0 Å². The minimum absolute atomic E-state index is 0.0556. The van der Waals surface area contributed by atoms with E-state index >= 15 is 0 Å². The van der Waals surface area contributed by atoms with Crippen LogP contribution in [-0.2, 0) is 63.4 Å². The molecule has 0 N–H and O–H groups in total. The van der Waals surface area contributed by atoms with Crippen LogP contribution in [0.15, 0.2) is 0 Å². The molecule has 0 fully saturated rings. The Balaban J connectivity index is -0.0000000225. The van der Waals surface area contributed by atoms with Crippen LogP contribution in [0.1, 0.15) is 0 Å². The molecule has 0 spiro atoms. The molecule has 0 saturated heterocycles. The first kappa shape index (κ1) is 15.7. The average molecular weight is 438 g/mol. The molecule has 0 heterocycles. The predicted molar refractivity (Wildman–Crippen MR) is 9.21 cm³/mol. The van der Waals surface area contributed by atoms with E-state index in [-0.39, 0.29) is 55.7 Å². The van der Waals surface area contributed by atoms with Gasteiger partial charge in [-0.15, -0.1) is 0 Å². The van der Waals surface area contributed by atoms with Crippen molar-refractivity contribution in [1.29, 1.82) is 0 Å². The summed E-state index contributed by atoms with van der Waals surface area (Å²) in [6, 6.07) is 0. The van der Waals surface area contributed by atoms with Gasteiger partial charge < -0.3 is 0 Å². The average Bonchev–Trinajstić information content (AvgIpc) is 1.81. The van der Waals surface area contributed by atoms with Gasteiger partial charge in [0, 0.05) is 0 Å². The standard InChI is InChI=1S/Bi.3O.Y.Zr.H. The molecule has 0 rings (SSSR count). The van der Waals surface area contributed by atoms with E-state index in [9.17, 15) is 0 Å². The Bertz CT molecular complexity index is 15.5. The molecule has 31 valence electrons. The van der Waals surface area contributed by atoms with E-state index < -0.39 is 0 Å². The van der Waals surface area contributed by atoms with Crippen LogP contribution in [0, 0.1) is 0 Å². The van der Waals surface area contributed by atoms with Gasteiger partial charge >= 0.3 is 88.1 Å². The van der Waals surface area contributed by atoms with E-state index in [1.165, 1.54) is 0 Å². The molecule has 0 aliphatic carbocycles. The summed E-state index contributed by atoms with van der Waals surface area (Å²) >= 11 is 0.456. The first-order valence-corrected chi connectivity index (χ1v) is 4.39. The van der Waals surface area contributed by atoms with Crippen LogP contribution in [0.25, 0.3) is 0 Å². The van der Waals surface area contributed by atoms with Crippen molar-refractivity contribution in [3.8, 4) is 0 Å². The van der Waals surface area contributed by atoms with Crippen LogP contribution in [0.2, 0.25) is 0 Å². The Hall–Kier alpha value is 2.27. The third kappa shape index (κ3) is 33.8. The molecule has 0 radical (unpaired) electrons. The maximum absolute atomic E-state index is 8.39. The van der Waals surface area contributed by atoms with E-state index in [1.807, 2.05) is 0 Å².